The lowest BCUT2D eigenvalue weighted by Crippen LogP contribution is -2.31. The molecule has 7 heteroatoms. The van der Waals surface area contributed by atoms with E-state index < -0.39 is 11.9 Å². The average Bonchev–Trinajstić information content (AvgIpc) is 2.58. The molecule has 2 rings (SSSR count). The van der Waals surface area contributed by atoms with E-state index >= 15 is 0 Å². The summed E-state index contributed by atoms with van der Waals surface area (Å²) in [5.41, 5.74) is 0.861. The van der Waals surface area contributed by atoms with Crippen LogP contribution in [0.15, 0.2) is 57.5 Å². The molecule has 0 saturated carbocycles. The van der Waals surface area contributed by atoms with Crippen molar-refractivity contribution in [2.45, 2.75) is 0 Å². The van der Waals surface area contributed by atoms with Crippen LogP contribution >= 0.6 is 31.9 Å². The zero-order valence-electron chi connectivity index (χ0n) is 12.4. The van der Waals surface area contributed by atoms with Crippen molar-refractivity contribution < 1.29 is 19.1 Å². The summed E-state index contributed by atoms with van der Waals surface area (Å²) >= 11 is 6.54. The second-order valence-corrected chi connectivity index (χ2v) is 6.52. The highest BCUT2D eigenvalue weighted by Crippen LogP contribution is 2.16. The summed E-state index contributed by atoms with van der Waals surface area (Å²) in [6.45, 7) is -0.687. The molecule has 2 aromatic carbocycles. The van der Waals surface area contributed by atoms with Crippen molar-refractivity contribution in [2.24, 2.45) is 0 Å². The van der Waals surface area contributed by atoms with Gasteiger partial charge in [-0.1, -0.05) is 50.1 Å². The van der Waals surface area contributed by atoms with Crippen LogP contribution in [0.25, 0.3) is 0 Å². The van der Waals surface area contributed by atoms with Gasteiger partial charge >= 0.3 is 5.97 Å². The summed E-state index contributed by atoms with van der Waals surface area (Å²) in [6.07, 6.45) is 0. The Hall–Kier alpha value is -1.99. The highest BCUT2D eigenvalue weighted by atomic mass is 79.9. The molecule has 124 valence electrons. The molecule has 0 spiro atoms. The molecule has 5 nitrogen and oxygen atoms in total. The van der Waals surface area contributed by atoms with Gasteiger partial charge in [0.1, 0.15) is 6.54 Å². The van der Waals surface area contributed by atoms with Crippen molar-refractivity contribution in [2.75, 3.05) is 13.2 Å². The Bertz CT molecular complexity index is 759. The molecule has 0 heterocycles. The van der Waals surface area contributed by atoms with Gasteiger partial charge in [0, 0.05) is 20.1 Å². The molecule has 0 aromatic heterocycles. The van der Waals surface area contributed by atoms with Crippen LogP contribution in [0.3, 0.4) is 0 Å². The number of amides is 1. The Morgan fingerprint density at radius 2 is 1.62 bits per heavy atom. The molecule has 2 aromatic rings. The first kappa shape index (κ1) is 18.4. The quantitative estimate of drug-likeness (QED) is 0.536. The number of carbonyl (C=O) groups excluding carboxylic acids is 3. The topological polar surface area (TPSA) is 72.5 Å². The van der Waals surface area contributed by atoms with E-state index in [4.69, 9.17) is 4.74 Å². The van der Waals surface area contributed by atoms with E-state index in [1.54, 1.807) is 48.5 Å². The van der Waals surface area contributed by atoms with Gasteiger partial charge in [0.05, 0.1) is 0 Å². The van der Waals surface area contributed by atoms with E-state index in [1.165, 1.54) is 0 Å². The highest BCUT2D eigenvalue weighted by Gasteiger charge is 2.13. The first-order chi connectivity index (χ1) is 11.5. The van der Waals surface area contributed by atoms with Gasteiger partial charge in [-0.15, -0.1) is 0 Å². The maximum absolute atomic E-state index is 12.0. The van der Waals surface area contributed by atoms with E-state index in [0.29, 0.717) is 15.6 Å². The minimum Gasteiger partial charge on any atom is -0.456 e. The van der Waals surface area contributed by atoms with E-state index in [2.05, 4.69) is 37.2 Å². The number of halogens is 2. The number of Topliss-reactive ketones (excluding diaryl/α,β-unsaturated/α-hetero) is 1. The number of ketones is 1. The predicted octanol–water partition coefficient (Wildman–Crippen LogP) is 3.37. The van der Waals surface area contributed by atoms with Gasteiger partial charge in [-0.3, -0.25) is 14.4 Å². The molecule has 0 atom stereocenters. The summed E-state index contributed by atoms with van der Waals surface area (Å²) in [7, 11) is 0. The summed E-state index contributed by atoms with van der Waals surface area (Å²) in [5.74, 6) is -1.40. The van der Waals surface area contributed by atoms with E-state index in [9.17, 15) is 14.4 Å². The molecular weight excluding hydrogens is 442 g/mol. The lowest BCUT2D eigenvalue weighted by Gasteiger charge is -2.07. The lowest BCUT2D eigenvalue weighted by atomic mass is 10.1. The van der Waals surface area contributed by atoms with Crippen LogP contribution in [0.1, 0.15) is 20.7 Å². The molecule has 0 unspecified atom stereocenters. The SMILES string of the molecule is O=C(CNC(=O)c1ccc(Br)cc1)OCC(=O)c1ccccc1Br. The second kappa shape index (κ2) is 8.75. The van der Waals surface area contributed by atoms with Crippen molar-refractivity contribution in [3.63, 3.8) is 0 Å². The Balaban J connectivity index is 1.79. The van der Waals surface area contributed by atoms with Crippen molar-refractivity contribution in [1.82, 2.24) is 5.32 Å². The molecule has 1 N–H and O–H groups in total. The van der Waals surface area contributed by atoms with E-state index in [-0.39, 0.29) is 18.9 Å². The number of nitrogens with one attached hydrogen (secondary N) is 1. The average molecular weight is 455 g/mol. The standard InChI is InChI=1S/C17H13Br2NO4/c18-12-7-5-11(6-8-12)17(23)20-9-16(22)24-10-15(21)13-3-1-2-4-14(13)19/h1-8H,9-10H2,(H,20,23). The van der Waals surface area contributed by atoms with Gasteiger partial charge in [0.15, 0.2) is 6.61 Å². The maximum atomic E-state index is 12.0. The molecule has 0 radical (unpaired) electrons. The first-order valence-corrected chi connectivity index (χ1v) is 8.53. The number of rotatable bonds is 6. The third kappa shape index (κ3) is 5.28. The minimum atomic E-state index is -0.680. The number of ether oxygens (including phenoxy) is 1. The predicted molar refractivity (Wildman–Crippen MR) is 95.9 cm³/mol. The smallest absolute Gasteiger partial charge is 0.325 e. The van der Waals surface area contributed by atoms with E-state index in [1.807, 2.05) is 0 Å². The first-order valence-electron chi connectivity index (χ1n) is 6.94. The monoisotopic (exact) mass is 453 g/mol. The fourth-order valence-electron chi connectivity index (χ4n) is 1.82. The largest absolute Gasteiger partial charge is 0.456 e. The van der Waals surface area contributed by atoms with Gasteiger partial charge in [-0.2, -0.15) is 0 Å². The van der Waals surface area contributed by atoms with Crippen molar-refractivity contribution in [3.8, 4) is 0 Å². The van der Waals surface area contributed by atoms with Crippen molar-refractivity contribution in [3.05, 3.63) is 68.6 Å². The third-order valence-electron chi connectivity index (χ3n) is 3.04. The van der Waals surface area contributed by atoms with Crippen LogP contribution < -0.4 is 5.32 Å². The summed E-state index contributed by atoms with van der Waals surface area (Å²) in [6, 6.07) is 13.6. The third-order valence-corrected chi connectivity index (χ3v) is 4.26. The van der Waals surface area contributed by atoms with Crippen LogP contribution in [0.2, 0.25) is 0 Å². The van der Waals surface area contributed by atoms with Gasteiger partial charge in [0.2, 0.25) is 5.78 Å². The van der Waals surface area contributed by atoms with Crippen LogP contribution in [-0.2, 0) is 9.53 Å². The molecule has 0 aliphatic carbocycles. The van der Waals surface area contributed by atoms with Crippen molar-refractivity contribution >= 4 is 49.5 Å². The Morgan fingerprint density at radius 3 is 2.29 bits per heavy atom. The van der Waals surface area contributed by atoms with Crippen LogP contribution in [0.4, 0.5) is 0 Å². The highest BCUT2D eigenvalue weighted by molar-refractivity contribution is 9.10. The van der Waals surface area contributed by atoms with Gasteiger partial charge in [-0.25, -0.2) is 0 Å². The summed E-state index contributed by atoms with van der Waals surface area (Å²) in [5, 5.41) is 2.44. The normalized spacial score (nSPS) is 10.1. The molecule has 0 saturated heterocycles. The summed E-state index contributed by atoms with van der Waals surface area (Å²) in [4.78, 5) is 35.5. The number of esters is 1. The molecule has 0 bridgehead atoms. The van der Waals surface area contributed by atoms with Gasteiger partial charge in [-0.05, 0) is 30.3 Å². The summed E-state index contributed by atoms with van der Waals surface area (Å²) < 4.78 is 6.37. The Labute approximate surface area is 155 Å². The molecule has 0 aliphatic rings. The van der Waals surface area contributed by atoms with Crippen LogP contribution in [0.5, 0.6) is 0 Å². The van der Waals surface area contributed by atoms with Crippen molar-refractivity contribution in [1.29, 1.82) is 0 Å². The zero-order chi connectivity index (χ0) is 17.5. The second-order valence-electron chi connectivity index (χ2n) is 4.75. The van der Waals surface area contributed by atoms with E-state index in [0.717, 1.165) is 4.47 Å². The van der Waals surface area contributed by atoms with Gasteiger partial charge in [0.25, 0.3) is 5.91 Å². The lowest BCUT2D eigenvalue weighted by molar-refractivity contribution is -0.141. The molecule has 0 aliphatic heterocycles. The number of benzene rings is 2. The minimum absolute atomic E-state index is 0.307. The Morgan fingerprint density at radius 1 is 0.958 bits per heavy atom. The molecule has 0 fully saturated rings. The molecular formula is C17H13Br2NO4. The maximum Gasteiger partial charge on any atom is 0.325 e. The van der Waals surface area contributed by atoms with Gasteiger partial charge < -0.3 is 10.1 Å². The molecule has 24 heavy (non-hydrogen) atoms. The zero-order valence-corrected chi connectivity index (χ0v) is 15.6. The number of hydrogen-bond acceptors (Lipinski definition) is 4. The number of carbonyl (C=O) groups is 3. The number of hydrogen-bond donors (Lipinski definition) is 1. The Kier molecular flexibility index (Phi) is 6.69. The molecule has 1 amide bonds. The fraction of sp³-hybridized carbons (Fsp3) is 0.118. The van der Waals surface area contributed by atoms with Crippen LogP contribution in [0, 0.1) is 0 Å². The van der Waals surface area contributed by atoms with Crippen LogP contribution in [-0.4, -0.2) is 30.8 Å². The fourth-order valence-corrected chi connectivity index (χ4v) is 2.59.